The Morgan fingerprint density at radius 1 is 1.25 bits per heavy atom. The SMILES string of the molecule is CCCOC(=O)c1c(OC)ccc(S(N)(=O)=O)c1OC. The number of nitrogens with two attached hydrogens (primary N) is 1. The van der Waals surface area contributed by atoms with E-state index in [4.69, 9.17) is 19.3 Å². The highest BCUT2D eigenvalue weighted by Gasteiger charge is 2.27. The number of ether oxygens (including phenoxy) is 3. The minimum Gasteiger partial charge on any atom is -0.496 e. The highest BCUT2D eigenvalue weighted by molar-refractivity contribution is 7.89. The van der Waals surface area contributed by atoms with Crippen molar-refractivity contribution in [2.24, 2.45) is 5.14 Å². The molecule has 112 valence electrons. The normalized spacial score (nSPS) is 11.0. The van der Waals surface area contributed by atoms with Crippen molar-refractivity contribution < 1.29 is 27.4 Å². The summed E-state index contributed by atoms with van der Waals surface area (Å²) in [6.45, 7) is 2.03. The van der Waals surface area contributed by atoms with E-state index >= 15 is 0 Å². The first-order valence-electron chi connectivity index (χ1n) is 5.81. The Kier molecular flexibility index (Phi) is 5.34. The molecule has 0 heterocycles. The smallest absolute Gasteiger partial charge is 0.345 e. The van der Waals surface area contributed by atoms with E-state index in [1.165, 1.54) is 26.4 Å². The van der Waals surface area contributed by atoms with Crippen LogP contribution in [0.4, 0.5) is 0 Å². The van der Waals surface area contributed by atoms with Crippen molar-refractivity contribution in [1.82, 2.24) is 0 Å². The van der Waals surface area contributed by atoms with Crippen molar-refractivity contribution in [2.45, 2.75) is 18.2 Å². The molecule has 7 nitrogen and oxygen atoms in total. The summed E-state index contributed by atoms with van der Waals surface area (Å²) in [5.41, 5.74) is -0.102. The average Bonchev–Trinajstić information content (AvgIpc) is 2.41. The number of carbonyl (C=O) groups excluding carboxylic acids is 1. The second-order valence-corrected chi connectivity index (χ2v) is 5.38. The number of methoxy groups -OCH3 is 2. The second-order valence-electron chi connectivity index (χ2n) is 3.86. The van der Waals surface area contributed by atoms with Crippen LogP contribution in [0.25, 0.3) is 0 Å². The molecule has 0 aliphatic heterocycles. The van der Waals surface area contributed by atoms with Crippen LogP contribution >= 0.6 is 0 Å². The van der Waals surface area contributed by atoms with Crippen LogP contribution in [0.15, 0.2) is 17.0 Å². The zero-order chi connectivity index (χ0) is 15.3. The summed E-state index contributed by atoms with van der Waals surface area (Å²) in [5, 5.41) is 5.09. The lowest BCUT2D eigenvalue weighted by molar-refractivity contribution is 0.0497. The van der Waals surface area contributed by atoms with Crippen LogP contribution in [0.5, 0.6) is 11.5 Å². The van der Waals surface area contributed by atoms with E-state index in [-0.39, 0.29) is 28.6 Å². The van der Waals surface area contributed by atoms with E-state index in [0.29, 0.717) is 6.42 Å². The number of sulfonamides is 1. The minimum atomic E-state index is -4.04. The summed E-state index contributed by atoms with van der Waals surface area (Å²) < 4.78 is 38.1. The van der Waals surface area contributed by atoms with Gasteiger partial charge in [-0.3, -0.25) is 0 Å². The molecule has 0 aromatic heterocycles. The number of hydrogen-bond donors (Lipinski definition) is 1. The van der Waals surface area contributed by atoms with E-state index in [1.54, 1.807) is 0 Å². The van der Waals surface area contributed by atoms with Crippen molar-refractivity contribution >= 4 is 16.0 Å². The molecule has 2 N–H and O–H groups in total. The molecule has 1 aromatic carbocycles. The predicted molar refractivity (Wildman–Crippen MR) is 71.5 cm³/mol. The Hall–Kier alpha value is -1.80. The van der Waals surface area contributed by atoms with Crippen molar-refractivity contribution in [1.29, 1.82) is 0 Å². The molecule has 0 unspecified atom stereocenters. The summed E-state index contributed by atoms with van der Waals surface area (Å²) in [6.07, 6.45) is 0.630. The monoisotopic (exact) mass is 303 g/mol. The standard InChI is InChI=1S/C12H17NO6S/c1-4-7-19-12(14)10-8(17-2)5-6-9(11(10)18-3)20(13,15)16/h5-6H,4,7H2,1-3H3,(H2,13,15,16). The first kappa shape index (κ1) is 16.3. The van der Waals surface area contributed by atoms with Gasteiger partial charge >= 0.3 is 5.97 Å². The molecule has 0 aliphatic carbocycles. The number of hydrogen-bond acceptors (Lipinski definition) is 6. The van der Waals surface area contributed by atoms with Crippen LogP contribution in [-0.2, 0) is 14.8 Å². The van der Waals surface area contributed by atoms with Gasteiger partial charge in [0.15, 0.2) is 5.75 Å². The van der Waals surface area contributed by atoms with Gasteiger partial charge in [-0.2, -0.15) is 0 Å². The summed E-state index contributed by atoms with van der Waals surface area (Å²) in [4.78, 5) is 11.7. The zero-order valence-electron chi connectivity index (χ0n) is 11.5. The Morgan fingerprint density at radius 2 is 1.90 bits per heavy atom. The largest absolute Gasteiger partial charge is 0.496 e. The molecule has 0 amide bonds. The average molecular weight is 303 g/mol. The lowest BCUT2D eigenvalue weighted by Gasteiger charge is -2.15. The van der Waals surface area contributed by atoms with Crippen LogP contribution in [0.2, 0.25) is 0 Å². The molecule has 0 radical (unpaired) electrons. The number of esters is 1. The third kappa shape index (κ3) is 3.40. The second kappa shape index (κ2) is 6.58. The fourth-order valence-corrected chi connectivity index (χ4v) is 2.30. The summed E-state index contributed by atoms with van der Waals surface area (Å²) in [6, 6.07) is 2.54. The summed E-state index contributed by atoms with van der Waals surface area (Å²) >= 11 is 0. The Bertz CT molecular complexity index is 596. The van der Waals surface area contributed by atoms with Crippen LogP contribution in [0, 0.1) is 0 Å². The third-order valence-corrected chi connectivity index (χ3v) is 3.39. The van der Waals surface area contributed by atoms with Gasteiger partial charge in [0.05, 0.1) is 20.8 Å². The van der Waals surface area contributed by atoms with Crippen LogP contribution in [0.1, 0.15) is 23.7 Å². The molecule has 1 aromatic rings. The quantitative estimate of drug-likeness (QED) is 0.783. The Labute approximate surface area is 117 Å². The molecule has 1 rings (SSSR count). The molecule has 0 fully saturated rings. The van der Waals surface area contributed by atoms with E-state index < -0.39 is 16.0 Å². The van der Waals surface area contributed by atoms with Crippen LogP contribution in [0.3, 0.4) is 0 Å². The predicted octanol–water partition coefficient (Wildman–Crippen LogP) is 0.918. The van der Waals surface area contributed by atoms with E-state index in [2.05, 4.69) is 0 Å². The lowest BCUT2D eigenvalue weighted by Crippen LogP contribution is -2.17. The van der Waals surface area contributed by atoms with Crippen molar-refractivity contribution in [3.8, 4) is 11.5 Å². The molecule has 0 bridgehead atoms. The number of rotatable bonds is 6. The molecule has 0 aliphatic rings. The molecule has 0 spiro atoms. The van der Waals surface area contributed by atoms with Gasteiger partial charge in [-0.1, -0.05) is 6.92 Å². The van der Waals surface area contributed by atoms with Gasteiger partial charge in [-0.25, -0.2) is 18.4 Å². The first-order chi connectivity index (χ1) is 9.36. The molecule has 20 heavy (non-hydrogen) atoms. The first-order valence-corrected chi connectivity index (χ1v) is 7.36. The molecular formula is C12H17NO6S. The van der Waals surface area contributed by atoms with Gasteiger partial charge in [0, 0.05) is 0 Å². The third-order valence-electron chi connectivity index (χ3n) is 2.46. The van der Waals surface area contributed by atoms with Gasteiger partial charge in [0.25, 0.3) is 0 Å². The molecule has 0 saturated carbocycles. The summed E-state index contributed by atoms with van der Waals surface area (Å²) in [5.74, 6) is -0.769. The van der Waals surface area contributed by atoms with E-state index in [1.807, 2.05) is 6.92 Å². The van der Waals surface area contributed by atoms with Crippen LogP contribution in [-0.4, -0.2) is 35.2 Å². The topological polar surface area (TPSA) is 105 Å². The summed E-state index contributed by atoms with van der Waals surface area (Å²) in [7, 11) is -1.45. The molecule has 8 heteroatoms. The van der Waals surface area contributed by atoms with Gasteiger partial charge in [-0.15, -0.1) is 0 Å². The maximum absolute atomic E-state index is 12.0. The molecule has 0 atom stereocenters. The van der Waals surface area contributed by atoms with Crippen molar-refractivity contribution in [3.05, 3.63) is 17.7 Å². The maximum Gasteiger partial charge on any atom is 0.345 e. The van der Waals surface area contributed by atoms with E-state index in [0.717, 1.165) is 0 Å². The van der Waals surface area contributed by atoms with E-state index in [9.17, 15) is 13.2 Å². The minimum absolute atomic E-state index is 0.102. The van der Waals surface area contributed by atoms with Gasteiger partial charge < -0.3 is 14.2 Å². The zero-order valence-corrected chi connectivity index (χ0v) is 12.3. The van der Waals surface area contributed by atoms with Gasteiger partial charge in [0.2, 0.25) is 10.0 Å². The van der Waals surface area contributed by atoms with Crippen molar-refractivity contribution in [2.75, 3.05) is 20.8 Å². The number of benzene rings is 1. The fraction of sp³-hybridized carbons (Fsp3) is 0.417. The highest BCUT2D eigenvalue weighted by atomic mass is 32.2. The lowest BCUT2D eigenvalue weighted by atomic mass is 10.1. The molecular weight excluding hydrogens is 286 g/mol. The fourth-order valence-electron chi connectivity index (χ4n) is 1.60. The van der Waals surface area contributed by atoms with Crippen LogP contribution < -0.4 is 14.6 Å². The maximum atomic E-state index is 12.0. The Morgan fingerprint density at radius 3 is 2.35 bits per heavy atom. The number of carbonyl (C=O) groups is 1. The number of primary sulfonamides is 1. The Balaban J connectivity index is 3.48. The van der Waals surface area contributed by atoms with Crippen molar-refractivity contribution in [3.63, 3.8) is 0 Å². The van der Waals surface area contributed by atoms with Gasteiger partial charge in [-0.05, 0) is 18.6 Å². The highest BCUT2D eigenvalue weighted by Crippen LogP contribution is 2.34. The van der Waals surface area contributed by atoms with Gasteiger partial charge in [0.1, 0.15) is 16.2 Å². The molecule has 0 saturated heterocycles.